The summed E-state index contributed by atoms with van der Waals surface area (Å²) in [6.07, 6.45) is 6.73. The van der Waals surface area contributed by atoms with Gasteiger partial charge in [-0.05, 0) is 29.5 Å². The van der Waals surface area contributed by atoms with E-state index in [1.54, 1.807) is 18.2 Å². The van der Waals surface area contributed by atoms with Crippen molar-refractivity contribution in [2.75, 3.05) is 0 Å². The predicted molar refractivity (Wildman–Crippen MR) is 54.9 cm³/mol. The Hall–Kier alpha value is -1.06. The zero-order valence-corrected chi connectivity index (χ0v) is 7.53. The molecule has 0 fully saturated rings. The van der Waals surface area contributed by atoms with Crippen LogP contribution in [0.5, 0.6) is 0 Å². The van der Waals surface area contributed by atoms with Gasteiger partial charge < -0.3 is 10.0 Å². The number of hydrogen-bond donors (Lipinski definition) is 2. The highest BCUT2D eigenvalue weighted by Gasteiger charge is 2.18. The fourth-order valence-electron chi connectivity index (χ4n) is 1.40. The molecule has 2 nitrogen and oxygen atoms in total. The van der Waals surface area contributed by atoms with Crippen LogP contribution in [0.15, 0.2) is 48.0 Å². The first kappa shape index (κ1) is 10.0. The smallest absolute Gasteiger partial charge is 0.423 e. The van der Waals surface area contributed by atoms with Gasteiger partial charge in [-0.1, -0.05) is 31.4 Å². The molecule has 0 aliphatic heterocycles. The predicted octanol–water partition coefficient (Wildman–Crippen LogP) is 1.39. The average Bonchev–Trinajstić information content (AvgIpc) is 2.16. The molecule has 0 radical (unpaired) electrons. The summed E-state index contributed by atoms with van der Waals surface area (Å²) < 4.78 is 0. The third-order valence-electron chi connectivity index (χ3n) is 2.19. The van der Waals surface area contributed by atoms with Crippen LogP contribution < -0.4 is 0 Å². The summed E-state index contributed by atoms with van der Waals surface area (Å²) in [5, 5.41) is 17.9. The summed E-state index contributed by atoms with van der Waals surface area (Å²) in [4.78, 5) is 0. The number of rotatable bonds is 3. The van der Waals surface area contributed by atoms with Crippen molar-refractivity contribution in [2.24, 2.45) is 0 Å². The molecule has 0 saturated carbocycles. The number of allylic oxidation sites excluding steroid dienone is 6. The molecule has 1 aliphatic rings. The van der Waals surface area contributed by atoms with Crippen LogP contribution in [0.1, 0.15) is 12.8 Å². The summed E-state index contributed by atoms with van der Waals surface area (Å²) in [5.74, 6) is 0. The standard InChI is InChI=1S/C10H13BO2/c1-3-8-5-6-10(11(12)13)7-9(8)4-2/h3-4,7,12-13H,1-2,5-6H2. The molecule has 2 N–H and O–H groups in total. The lowest BCUT2D eigenvalue weighted by Gasteiger charge is -2.15. The third kappa shape index (κ3) is 2.20. The summed E-state index contributed by atoms with van der Waals surface area (Å²) in [6.45, 7) is 7.36. The van der Waals surface area contributed by atoms with Gasteiger partial charge in [-0.25, -0.2) is 0 Å². The van der Waals surface area contributed by atoms with Gasteiger partial charge in [0.05, 0.1) is 0 Å². The van der Waals surface area contributed by atoms with Crippen LogP contribution in [0.2, 0.25) is 0 Å². The molecule has 0 aromatic carbocycles. The summed E-state index contributed by atoms with van der Waals surface area (Å²) in [5.41, 5.74) is 2.68. The van der Waals surface area contributed by atoms with Gasteiger partial charge in [-0.2, -0.15) is 0 Å². The van der Waals surface area contributed by atoms with Gasteiger partial charge in [0, 0.05) is 0 Å². The molecule has 0 aromatic heterocycles. The van der Waals surface area contributed by atoms with Crippen molar-refractivity contribution in [3.63, 3.8) is 0 Å². The van der Waals surface area contributed by atoms with E-state index in [1.165, 1.54) is 0 Å². The largest absolute Gasteiger partial charge is 0.484 e. The first-order valence-electron chi connectivity index (χ1n) is 4.23. The van der Waals surface area contributed by atoms with Crippen molar-refractivity contribution < 1.29 is 10.0 Å². The second-order valence-electron chi connectivity index (χ2n) is 2.98. The van der Waals surface area contributed by atoms with Gasteiger partial charge in [0.1, 0.15) is 0 Å². The first-order valence-corrected chi connectivity index (χ1v) is 4.23. The maximum atomic E-state index is 8.95. The Morgan fingerprint density at radius 3 is 2.38 bits per heavy atom. The first-order chi connectivity index (χ1) is 6.19. The molecule has 0 aromatic rings. The molecule has 68 valence electrons. The summed E-state index contributed by atoms with van der Waals surface area (Å²) >= 11 is 0. The fraction of sp³-hybridized carbons (Fsp3) is 0.200. The van der Waals surface area contributed by atoms with E-state index in [1.807, 2.05) is 0 Å². The van der Waals surface area contributed by atoms with E-state index in [2.05, 4.69) is 13.2 Å². The SMILES string of the molecule is C=CC1=C(C=C)CCC(B(O)O)=C1. The molecular formula is C10H13BO2. The lowest BCUT2D eigenvalue weighted by atomic mass is 9.72. The third-order valence-corrected chi connectivity index (χ3v) is 2.19. The molecule has 3 heteroatoms. The molecule has 1 rings (SSSR count). The van der Waals surface area contributed by atoms with Gasteiger partial charge in [0.2, 0.25) is 0 Å². The van der Waals surface area contributed by atoms with Crippen molar-refractivity contribution in [3.8, 4) is 0 Å². The lowest BCUT2D eigenvalue weighted by Crippen LogP contribution is -2.17. The Kier molecular flexibility index (Phi) is 3.28. The van der Waals surface area contributed by atoms with Crippen molar-refractivity contribution in [1.82, 2.24) is 0 Å². The highest BCUT2D eigenvalue weighted by Crippen LogP contribution is 2.25. The maximum Gasteiger partial charge on any atom is 0.484 e. The molecule has 0 unspecified atom stereocenters. The van der Waals surface area contributed by atoms with Crippen LogP contribution in [0.4, 0.5) is 0 Å². The minimum absolute atomic E-state index is 0.639. The zero-order valence-electron chi connectivity index (χ0n) is 7.53. The molecule has 0 atom stereocenters. The van der Waals surface area contributed by atoms with Crippen molar-refractivity contribution >= 4 is 7.12 Å². The molecule has 0 amide bonds. The normalized spacial score (nSPS) is 16.6. The van der Waals surface area contributed by atoms with E-state index in [4.69, 9.17) is 10.0 Å². The Labute approximate surface area is 78.7 Å². The minimum Gasteiger partial charge on any atom is -0.423 e. The Morgan fingerprint density at radius 1 is 1.23 bits per heavy atom. The van der Waals surface area contributed by atoms with Crippen LogP contribution in [-0.4, -0.2) is 17.2 Å². The average molecular weight is 176 g/mol. The lowest BCUT2D eigenvalue weighted by molar-refractivity contribution is 0.416. The molecular weight excluding hydrogens is 163 g/mol. The maximum absolute atomic E-state index is 8.95. The molecule has 1 aliphatic carbocycles. The van der Waals surface area contributed by atoms with Crippen molar-refractivity contribution in [2.45, 2.75) is 12.8 Å². The second-order valence-corrected chi connectivity index (χ2v) is 2.98. The fourth-order valence-corrected chi connectivity index (χ4v) is 1.40. The van der Waals surface area contributed by atoms with Gasteiger partial charge >= 0.3 is 7.12 Å². The highest BCUT2D eigenvalue weighted by molar-refractivity contribution is 6.50. The van der Waals surface area contributed by atoms with Crippen LogP contribution in [0.3, 0.4) is 0 Å². The number of hydrogen-bond acceptors (Lipinski definition) is 2. The van der Waals surface area contributed by atoms with Crippen LogP contribution >= 0.6 is 0 Å². The summed E-state index contributed by atoms with van der Waals surface area (Å²) in [6, 6.07) is 0. The van der Waals surface area contributed by atoms with Gasteiger partial charge in [0.15, 0.2) is 0 Å². The molecule has 13 heavy (non-hydrogen) atoms. The Morgan fingerprint density at radius 2 is 1.92 bits per heavy atom. The van der Waals surface area contributed by atoms with E-state index in [0.717, 1.165) is 17.6 Å². The van der Waals surface area contributed by atoms with Crippen molar-refractivity contribution in [3.05, 3.63) is 48.0 Å². The second kappa shape index (κ2) is 4.26. The highest BCUT2D eigenvalue weighted by atomic mass is 16.4. The van der Waals surface area contributed by atoms with E-state index in [-0.39, 0.29) is 0 Å². The zero-order chi connectivity index (χ0) is 9.84. The van der Waals surface area contributed by atoms with Crippen LogP contribution in [0, 0.1) is 0 Å². The monoisotopic (exact) mass is 176 g/mol. The minimum atomic E-state index is -1.35. The van der Waals surface area contributed by atoms with E-state index < -0.39 is 7.12 Å². The van der Waals surface area contributed by atoms with E-state index in [0.29, 0.717) is 11.9 Å². The Bertz CT molecular complexity index is 287. The summed E-state index contributed by atoms with van der Waals surface area (Å²) in [7, 11) is -1.35. The topological polar surface area (TPSA) is 40.5 Å². The molecule has 0 spiro atoms. The van der Waals surface area contributed by atoms with E-state index >= 15 is 0 Å². The molecule has 0 saturated heterocycles. The van der Waals surface area contributed by atoms with Gasteiger partial charge in [0.25, 0.3) is 0 Å². The van der Waals surface area contributed by atoms with Crippen LogP contribution in [-0.2, 0) is 0 Å². The van der Waals surface area contributed by atoms with E-state index in [9.17, 15) is 0 Å². The molecule has 0 bridgehead atoms. The van der Waals surface area contributed by atoms with Crippen molar-refractivity contribution in [1.29, 1.82) is 0 Å². The van der Waals surface area contributed by atoms with Gasteiger partial charge in [-0.15, -0.1) is 0 Å². The van der Waals surface area contributed by atoms with Gasteiger partial charge in [-0.3, -0.25) is 0 Å². The molecule has 0 heterocycles. The Balaban J connectivity index is 2.99. The van der Waals surface area contributed by atoms with Crippen LogP contribution in [0.25, 0.3) is 0 Å². The quantitative estimate of drug-likeness (QED) is 0.637.